The summed E-state index contributed by atoms with van der Waals surface area (Å²) in [5.41, 5.74) is 6.01. The fraction of sp³-hybridized carbons (Fsp3) is 0.500. The standard InChI is InChI=1S/C14H21ClFN3O/c1-14(2,13(17)19-20)7-3-4-8-18-10-5-6-11(15)12(16)9-10/h5-6,9,18,20H,3-4,7-8H2,1-2H3,(H2,17,19). The maximum Gasteiger partial charge on any atom is 0.144 e. The van der Waals surface area contributed by atoms with Gasteiger partial charge in [0.25, 0.3) is 0 Å². The van der Waals surface area contributed by atoms with Crippen LogP contribution in [0.2, 0.25) is 5.02 Å². The number of hydrogen-bond acceptors (Lipinski definition) is 3. The smallest absolute Gasteiger partial charge is 0.144 e. The molecule has 0 saturated heterocycles. The fourth-order valence-electron chi connectivity index (χ4n) is 1.79. The Labute approximate surface area is 123 Å². The van der Waals surface area contributed by atoms with Crippen LogP contribution in [-0.4, -0.2) is 17.6 Å². The number of hydrogen-bond donors (Lipinski definition) is 3. The molecule has 0 radical (unpaired) electrons. The summed E-state index contributed by atoms with van der Waals surface area (Å²) in [5, 5.41) is 15.0. The highest BCUT2D eigenvalue weighted by molar-refractivity contribution is 6.30. The highest BCUT2D eigenvalue weighted by Crippen LogP contribution is 2.23. The van der Waals surface area contributed by atoms with Crippen LogP contribution in [0.25, 0.3) is 0 Å². The number of nitrogens with zero attached hydrogens (tertiary/aromatic N) is 1. The molecule has 0 bridgehead atoms. The molecule has 0 atom stereocenters. The van der Waals surface area contributed by atoms with E-state index in [0.29, 0.717) is 5.69 Å². The Hall–Kier alpha value is -1.49. The van der Waals surface area contributed by atoms with Crippen LogP contribution in [0.1, 0.15) is 33.1 Å². The van der Waals surface area contributed by atoms with Gasteiger partial charge in [-0.15, -0.1) is 0 Å². The van der Waals surface area contributed by atoms with Gasteiger partial charge in [-0.2, -0.15) is 0 Å². The second-order valence-electron chi connectivity index (χ2n) is 5.38. The Morgan fingerprint density at radius 3 is 2.75 bits per heavy atom. The van der Waals surface area contributed by atoms with Gasteiger partial charge in [0.1, 0.15) is 11.7 Å². The lowest BCUT2D eigenvalue weighted by atomic mass is 9.86. The quantitative estimate of drug-likeness (QED) is 0.236. The maximum atomic E-state index is 13.2. The van der Waals surface area contributed by atoms with Crippen LogP contribution in [0.3, 0.4) is 0 Å². The van der Waals surface area contributed by atoms with Crippen molar-refractivity contribution in [3.05, 3.63) is 29.0 Å². The zero-order chi connectivity index (χ0) is 15.2. The molecular weight excluding hydrogens is 281 g/mol. The largest absolute Gasteiger partial charge is 0.409 e. The molecule has 0 aromatic heterocycles. The molecule has 112 valence electrons. The third-order valence-corrected chi connectivity index (χ3v) is 3.58. The maximum absolute atomic E-state index is 13.2. The van der Waals surface area contributed by atoms with Crippen molar-refractivity contribution in [1.82, 2.24) is 0 Å². The van der Waals surface area contributed by atoms with Gasteiger partial charge in [0.05, 0.1) is 5.02 Å². The van der Waals surface area contributed by atoms with Crippen LogP contribution < -0.4 is 11.1 Å². The van der Waals surface area contributed by atoms with Gasteiger partial charge in [0.2, 0.25) is 0 Å². The van der Waals surface area contributed by atoms with Gasteiger partial charge in [-0.3, -0.25) is 0 Å². The van der Waals surface area contributed by atoms with E-state index in [-0.39, 0.29) is 16.3 Å². The van der Waals surface area contributed by atoms with Crippen molar-refractivity contribution >= 4 is 23.1 Å². The number of nitrogens with one attached hydrogen (secondary N) is 1. The lowest BCUT2D eigenvalue weighted by molar-refractivity contribution is 0.304. The molecule has 6 heteroatoms. The first-order valence-corrected chi connectivity index (χ1v) is 6.91. The van der Waals surface area contributed by atoms with Crippen LogP contribution in [0.5, 0.6) is 0 Å². The molecule has 1 aromatic carbocycles. The number of oxime groups is 1. The van der Waals surface area contributed by atoms with Gasteiger partial charge in [0, 0.05) is 17.6 Å². The van der Waals surface area contributed by atoms with E-state index >= 15 is 0 Å². The van der Waals surface area contributed by atoms with Crippen LogP contribution in [0, 0.1) is 11.2 Å². The van der Waals surface area contributed by atoms with Crippen molar-refractivity contribution < 1.29 is 9.60 Å². The van der Waals surface area contributed by atoms with Gasteiger partial charge in [-0.1, -0.05) is 37.0 Å². The van der Waals surface area contributed by atoms with E-state index in [1.807, 2.05) is 13.8 Å². The predicted molar refractivity (Wildman–Crippen MR) is 80.9 cm³/mol. The summed E-state index contributed by atoms with van der Waals surface area (Å²) in [7, 11) is 0. The summed E-state index contributed by atoms with van der Waals surface area (Å²) in [4.78, 5) is 0. The van der Waals surface area contributed by atoms with E-state index in [1.54, 1.807) is 6.07 Å². The minimum atomic E-state index is -0.426. The Morgan fingerprint density at radius 1 is 1.45 bits per heavy atom. The third-order valence-electron chi connectivity index (χ3n) is 3.28. The molecule has 0 fully saturated rings. The molecule has 0 unspecified atom stereocenters. The molecule has 0 aliphatic heterocycles. The summed E-state index contributed by atoms with van der Waals surface area (Å²) >= 11 is 5.61. The molecule has 0 aliphatic rings. The van der Waals surface area contributed by atoms with E-state index in [9.17, 15) is 4.39 Å². The first-order valence-electron chi connectivity index (χ1n) is 6.54. The van der Waals surface area contributed by atoms with E-state index in [4.69, 9.17) is 22.5 Å². The van der Waals surface area contributed by atoms with E-state index in [2.05, 4.69) is 10.5 Å². The highest BCUT2D eigenvalue weighted by Gasteiger charge is 2.22. The van der Waals surface area contributed by atoms with Crippen molar-refractivity contribution in [2.45, 2.75) is 33.1 Å². The minimum absolute atomic E-state index is 0.121. The van der Waals surface area contributed by atoms with E-state index in [1.165, 1.54) is 12.1 Å². The lowest BCUT2D eigenvalue weighted by Crippen LogP contribution is -2.31. The van der Waals surface area contributed by atoms with Gasteiger partial charge in [-0.05, 0) is 31.0 Å². The van der Waals surface area contributed by atoms with E-state index in [0.717, 1.165) is 25.8 Å². The fourth-order valence-corrected chi connectivity index (χ4v) is 1.91. The Balaban J connectivity index is 2.30. The minimum Gasteiger partial charge on any atom is -0.409 e. The van der Waals surface area contributed by atoms with Crippen molar-refractivity contribution in [2.24, 2.45) is 16.3 Å². The number of nitrogens with two attached hydrogens (primary N) is 1. The van der Waals surface area contributed by atoms with Gasteiger partial charge in [-0.25, -0.2) is 4.39 Å². The highest BCUT2D eigenvalue weighted by atomic mass is 35.5. The first kappa shape index (κ1) is 16.6. The van der Waals surface area contributed by atoms with Crippen molar-refractivity contribution in [1.29, 1.82) is 0 Å². The lowest BCUT2D eigenvalue weighted by Gasteiger charge is -2.22. The normalized spacial score (nSPS) is 12.5. The topological polar surface area (TPSA) is 70.6 Å². The van der Waals surface area contributed by atoms with Gasteiger partial charge < -0.3 is 16.3 Å². The molecular formula is C14H21ClFN3O. The number of anilines is 1. The number of unbranched alkanes of at least 4 members (excludes halogenated alkanes) is 1. The molecule has 20 heavy (non-hydrogen) atoms. The van der Waals surface area contributed by atoms with Crippen molar-refractivity contribution in [3.8, 4) is 0 Å². The van der Waals surface area contributed by atoms with Gasteiger partial charge >= 0.3 is 0 Å². The third kappa shape index (κ3) is 4.89. The molecule has 4 N–H and O–H groups in total. The summed E-state index contributed by atoms with van der Waals surface area (Å²) in [6, 6.07) is 4.65. The zero-order valence-electron chi connectivity index (χ0n) is 11.8. The molecule has 0 spiro atoms. The van der Waals surface area contributed by atoms with Crippen LogP contribution in [0.15, 0.2) is 23.4 Å². The number of amidine groups is 1. The zero-order valence-corrected chi connectivity index (χ0v) is 12.5. The monoisotopic (exact) mass is 301 g/mol. The van der Waals surface area contributed by atoms with Crippen molar-refractivity contribution in [3.63, 3.8) is 0 Å². The average Bonchev–Trinajstić information content (AvgIpc) is 2.41. The second kappa shape index (κ2) is 7.33. The SMILES string of the molecule is CC(C)(CCCCNc1ccc(Cl)c(F)c1)/C(N)=N/O. The van der Waals surface area contributed by atoms with Crippen LogP contribution >= 0.6 is 11.6 Å². The number of rotatable bonds is 7. The predicted octanol–water partition coefficient (Wildman–Crippen LogP) is 3.83. The van der Waals surface area contributed by atoms with Crippen LogP contribution in [0.4, 0.5) is 10.1 Å². The number of benzene rings is 1. The van der Waals surface area contributed by atoms with Crippen molar-refractivity contribution in [2.75, 3.05) is 11.9 Å². The summed E-state index contributed by atoms with van der Waals surface area (Å²) in [6.45, 7) is 4.60. The summed E-state index contributed by atoms with van der Waals surface area (Å²) in [5.74, 6) is -0.185. The molecule has 0 aliphatic carbocycles. The Morgan fingerprint density at radius 2 is 2.15 bits per heavy atom. The second-order valence-corrected chi connectivity index (χ2v) is 5.79. The molecule has 1 rings (SSSR count). The molecule has 4 nitrogen and oxygen atoms in total. The molecule has 0 saturated carbocycles. The van der Waals surface area contributed by atoms with Gasteiger partial charge in [0.15, 0.2) is 0 Å². The number of halogens is 2. The average molecular weight is 302 g/mol. The molecule has 1 aromatic rings. The van der Waals surface area contributed by atoms with Crippen LogP contribution in [-0.2, 0) is 0 Å². The summed E-state index contributed by atoms with van der Waals surface area (Å²) < 4.78 is 13.2. The molecule has 0 heterocycles. The summed E-state index contributed by atoms with van der Waals surface area (Å²) in [6.07, 6.45) is 2.65. The molecule has 0 amide bonds. The Bertz CT molecular complexity index is 477. The first-order chi connectivity index (χ1) is 9.36. The van der Waals surface area contributed by atoms with E-state index < -0.39 is 5.82 Å². The Kier molecular flexibility index (Phi) is 6.07.